The largest absolute Gasteiger partial charge is 3.00 e. The number of hydrogen-bond donors (Lipinski definition) is 0. The van der Waals surface area contributed by atoms with E-state index in [1.165, 1.54) is 0 Å². The molecule has 0 aromatic rings. The van der Waals surface area contributed by atoms with Crippen LogP contribution in [0, 0.1) is 44.1 Å². The molecule has 0 heterocycles. The quantitative estimate of drug-likeness (QED) is 0.255. The van der Waals surface area contributed by atoms with Gasteiger partial charge in [-0.05, 0) is 0 Å². The number of hydrogen-bond acceptors (Lipinski definition) is 3. The Hall–Kier alpha value is 1.47. The fourth-order valence-electron chi connectivity index (χ4n) is 0. The van der Waals surface area contributed by atoms with Crippen molar-refractivity contribution in [2.24, 2.45) is 0 Å². The normalized spacial score (nSPS) is 1.11. The first-order valence-corrected chi connectivity index (χ1v) is 0.632. The fourth-order valence-corrected chi connectivity index (χ4v) is 0. The Morgan fingerprint density at radius 2 is 0.889 bits per heavy atom. The summed E-state index contributed by atoms with van der Waals surface area (Å²) >= 11 is 0. The molecule has 7 radical (unpaired) electrons. The second kappa shape index (κ2) is 316. The zero-order chi connectivity index (χ0) is 6.00. The van der Waals surface area contributed by atoms with E-state index in [1.54, 1.807) is 0 Å². The molecule has 0 aliphatic heterocycles. The second-order valence-electron chi connectivity index (χ2n) is 0. The van der Waals surface area contributed by atoms with E-state index in [4.69, 9.17) is 21.4 Å². The van der Waals surface area contributed by atoms with Crippen molar-refractivity contribution in [1.29, 1.82) is 5.26 Å². The van der Waals surface area contributed by atoms with Gasteiger partial charge in [0.2, 0.25) is 0 Å². The maximum Gasteiger partial charge on any atom is 3.00 e. The predicted octanol–water partition coefficient (Wildman–Crippen LogP) is -1.08. The smallest absolute Gasteiger partial charge is 0.573 e. The number of nitrogens with zero attached hydrogens (tertiary/aromatic N) is 1. The summed E-state index contributed by atoms with van der Waals surface area (Å²) in [6, 6.07) is 0. The molecule has 45 valence electrons. The summed E-state index contributed by atoms with van der Waals surface area (Å²) in [5.41, 5.74) is 0. The first kappa shape index (κ1) is 47.0. The van der Waals surface area contributed by atoms with Crippen LogP contribution >= 0.6 is 0 Å². The van der Waals surface area contributed by atoms with Crippen molar-refractivity contribution in [3.05, 3.63) is 6.57 Å². The van der Waals surface area contributed by atoms with Gasteiger partial charge in [0.1, 0.15) is 0 Å². The molecule has 0 amide bonds. The van der Waals surface area contributed by atoms with Crippen LogP contribution in [0.4, 0.5) is 0 Å². The van der Waals surface area contributed by atoms with E-state index in [-0.39, 0.29) is 79.1 Å². The molecule has 0 saturated carbocycles. The maximum absolute atomic E-state index is 7.50. The first-order valence-electron chi connectivity index (χ1n) is 0.632. The Balaban J connectivity index is -0.00000000321. The minimum atomic E-state index is 0. The van der Waals surface area contributed by atoms with Crippen LogP contribution in [-0.2, 0) is 29.1 Å². The molecule has 0 fully saturated rings. The van der Waals surface area contributed by atoms with E-state index in [1.807, 2.05) is 0 Å². The van der Waals surface area contributed by atoms with Crippen LogP contribution < -0.4 is 0 Å². The molecular formula is C3NO2PaPbRh. The molecule has 0 rings (SSSR count). The van der Waals surface area contributed by atoms with E-state index in [0.29, 0.717) is 0 Å². The van der Waals surface area contributed by atoms with Crippen LogP contribution in [0.1, 0.15) is 0 Å². The van der Waals surface area contributed by atoms with Gasteiger partial charge in [-0.25, -0.2) is 0 Å². The topological polar surface area (TPSA) is 57.9 Å². The molecule has 0 aromatic carbocycles. The Morgan fingerprint density at radius 3 is 0.889 bits per heavy atom. The van der Waals surface area contributed by atoms with Crippen molar-refractivity contribution >= 4 is 40.9 Å². The van der Waals surface area contributed by atoms with Gasteiger partial charge in [0.05, 0.1) is 0 Å². The van der Waals surface area contributed by atoms with E-state index in [9.17, 15) is 0 Å². The number of carbonyl (C=O) groups excluding carboxylic acids is 2. The molecule has 0 bridgehead atoms. The van der Waals surface area contributed by atoms with Gasteiger partial charge < -0.3 is 35.0 Å². The van der Waals surface area contributed by atoms with Gasteiger partial charge in [-0.2, -0.15) is 0 Å². The van der Waals surface area contributed by atoms with E-state index < -0.39 is 0 Å². The van der Waals surface area contributed by atoms with Crippen molar-refractivity contribution < 1.29 is 61.4 Å². The Labute approximate surface area is 112 Å². The summed E-state index contributed by atoms with van der Waals surface area (Å²) < 4.78 is 0. The zero-order valence-corrected chi connectivity index (χ0v) is 14.5. The summed E-state index contributed by atoms with van der Waals surface area (Å²) in [6.45, 7) is 13.8. The van der Waals surface area contributed by atoms with Crippen molar-refractivity contribution in [2.45, 2.75) is 0 Å². The van der Waals surface area contributed by atoms with Crippen molar-refractivity contribution in [2.75, 3.05) is 0 Å². The molecule has 0 atom stereocenters. The van der Waals surface area contributed by atoms with Crippen LogP contribution in [0.2, 0.25) is 0 Å². The van der Waals surface area contributed by atoms with E-state index >= 15 is 0 Å². The third-order valence-electron chi connectivity index (χ3n) is 0. The SMILES string of the molecule is [C-]#N.[C-]=O.[C-]=O.[Pa].[Pb].[Rh+3]. The summed E-state index contributed by atoms with van der Waals surface area (Å²) in [5, 5.41) is 6.25. The molecule has 0 spiro atoms. The Morgan fingerprint density at radius 1 is 0.889 bits per heavy atom. The van der Waals surface area contributed by atoms with Crippen LogP contribution in [0.25, 0.3) is 0 Å². The molecule has 0 N–H and O–H groups in total. The van der Waals surface area contributed by atoms with Gasteiger partial charge in [-0.3, -0.25) is 0 Å². The van der Waals surface area contributed by atoms with Crippen molar-refractivity contribution in [3.8, 4) is 0 Å². The molecule has 6 heteroatoms. The summed E-state index contributed by atoms with van der Waals surface area (Å²) in [5.74, 6) is 0. The molecule has 0 aliphatic rings. The van der Waals surface area contributed by atoms with Gasteiger partial charge in [0.25, 0.3) is 0 Å². The Bertz CT molecular complexity index is 38.2. The van der Waals surface area contributed by atoms with Crippen LogP contribution in [0.15, 0.2) is 0 Å². The minimum Gasteiger partial charge on any atom is -0.573 e. The molecule has 0 unspecified atom stereocenters. The standard InChI is InChI=1S/CN.2CO.Pa.Pb.Rh/c3*1-2;;;/q3*-1;;;+3. The average Bonchev–Trinajstić information content (AvgIpc) is 1.81. The number of rotatable bonds is 0. The monoisotopic (exact) mass is 624 g/mol. The van der Waals surface area contributed by atoms with Crippen molar-refractivity contribution in [3.63, 3.8) is 0 Å². The first-order chi connectivity index (χ1) is 3.00. The average molecular weight is 623 g/mol. The van der Waals surface area contributed by atoms with Gasteiger partial charge >= 0.3 is 19.5 Å². The van der Waals surface area contributed by atoms with E-state index in [2.05, 4.69) is 13.6 Å². The molecule has 9 heavy (non-hydrogen) atoms. The third kappa shape index (κ3) is 245. The molecular weight excluding hydrogens is 623 g/mol. The van der Waals surface area contributed by atoms with Crippen LogP contribution in [0.5, 0.6) is 0 Å². The summed E-state index contributed by atoms with van der Waals surface area (Å²) in [6.07, 6.45) is 0. The maximum atomic E-state index is 7.50. The van der Waals surface area contributed by atoms with Crippen LogP contribution in [0.3, 0.4) is 0 Å². The van der Waals surface area contributed by atoms with Gasteiger partial charge in [-0.15, -0.1) is 0 Å². The Kier molecular flexibility index (Phi) is 1650. The molecule has 0 aliphatic carbocycles. The molecule has 3 nitrogen and oxygen atoms in total. The fraction of sp³-hybridized carbons (Fsp3) is 0. The molecule has 0 saturated heterocycles. The van der Waals surface area contributed by atoms with Gasteiger partial charge in [-0.1, -0.05) is 0 Å². The van der Waals surface area contributed by atoms with Gasteiger partial charge in [0, 0.05) is 59.6 Å². The predicted molar refractivity (Wildman–Crippen MR) is 22.1 cm³/mol. The van der Waals surface area contributed by atoms with Gasteiger partial charge in [0.15, 0.2) is 0 Å². The third-order valence-corrected chi connectivity index (χ3v) is 0. The minimum absolute atomic E-state index is 0. The molecule has 0 aromatic heterocycles. The van der Waals surface area contributed by atoms with Crippen LogP contribution in [-0.4, -0.2) is 40.9 Å². The zero-order valence-electron chi connectivity index (χ0n) is 4.17. The summed E-state index contributed by atoms with van der Waals surface area (Å²) in [7, 11) is 0. The summed E-state index contributed by atoms with van der Waals surface area (Å²) in [4.78, 5) is 15.0. The second-order valence-corrected chi connectivity index (χ2v) is 0. The van der Waals surface area contributed by atoms with Crippen molar-refractivity contribution in [1.82, 2.24) is 0 Å². The van der Waals surface area contributed by atoms with E-state index in [0.717, 1.165) is 0 Å².